The molecule has 2 atom stereocenters. The number of anilines is 1. The van der Waals surface area contributed by atoms with E-state index in [1.807, 2.05) is 25.7 Å². The molecule has 2 unspecified atom stereocenters. The Hall–Kier alpha value is -1.78. The van der Waals surface area contributed by atoms with E-state index < -0.39 is 5.60 Å². The van der Waals surface area contributed by atoms with Crippen LogP contribution in [0.5, 0.6) is 0 Å². The Morgan fingerprint density at radius 2 is 1.74 bits per heavy atom. The van der Waals surface area contributed by atoms with Crippen molar-refractivity contribution in [2.75, 3.05) is 18.4 Å². The maximum atomic E-state index is 12.9. The first-order chi connectivity index (χ1) is 10.8. The van der Waals surface area contributed by atoms with Crippen molar-refractivity contribution in [3.63, 3.8) is 0 Å². The molecule has 1 aliphatic carbocycles. The Balaban J connectivity index is 1.51. The average molecular weight is 320 g/mol. The zero-order valence-electron chi connectivity index (χ0n) is 14.0. The fourth-order valence-corrected chi connectivity index (χ4v) is 3.68. The Labute approximate surface area is 137 Å². The van der Waals surface area contributed by atoms with Gasteiger partial charge in [0.1, 0.15) is 11.4 Å². The zero-order chi connectivity index (χ0) is 16.6. The van der Waals surface area contributed by atoms with E-state index >= 15 is 0 Å². The predicted molar refractivity (Wildman–Crippen MR) is 87.8 cm³/mol. The van der Waals surface area contributed by atoms with E-state index in [1.54, 1.807) is 12.1 Å². The van der Waals surface area contributed by atoms with Gasteiger partial charge in [0.15, 0.2) is 0 Å². The third-order valence-corrected chi connectivity index (χ3v) is 4.62. The van der Waals surface area contributed by atoms with Gasteiger partial charge in [-0.3, -0.25) is 0 Å². The van der Waals surface area contributed by atoms with Gasteiger partial charge in [0.05, 0.1) is 0 Å². The van der Waals surface area contributed by atoms with Crippen molar-refractivity contribution in [3.05, 3.63) is 30.1 Å². The number of rotatable bonds is 2. The first-order valence-corrected chi connectivity index (χ1v) is 8.30. The summed E-state index contributed by atoms with van der Waals surface area (Å²) in [5.41, 5.74) is 0.516. The number of carbonyl (C=O) groups is 1. The molecule has 1 amide bonds. The lowest BCUT2D eigenvalue weighted by molar-refractivity contribution is 0.0280. The van der Waals surface area contributed by atoms with Crippen LogP contribution >= 0.6 is 0 Å². The number of amides is 1. The molecule has 1 heterocycles. The molecule has 1 aromatic rings. The highest BCUT2D eigenvalue weighted by Gasteiger charge is 2.43. The maximum absolute atomic E-state index is 12.9. The Morgan fingerprint density at radius 1 is 1.17 bits per heavy atom. The van der Waals surface area contributed by atoms with Gasteiger partial charge in [-0.05, 0) is 69.7 Å². The van der Waals surface area contributed by atoms with Crippen molar-refractivity contribution >= 4 is 11.8 Å². The molecule has 1 aliphatic heterocycles. The van der Waals surface area contributed by atoms with E-state index in [0.29, 0.717) is 17.9 Å². The number of ether oxygens (including phenoxy) is 1. The van der Waals surface area contributed by atoms with Crippen LogP contribution in [-0.2, 0) is 4.74 Å². The smallest absolute Gasteiger partial charge is 0.410 e. The summed E-state index contributed by atoms with van der Waals surface area (Å²) < 4.78 is 18.4. The molecule has 0 bridgehead atoms. The van der Waals surface area contributed by atoms with Crippen LogP contribution in [0.3, 0.4) is 0 Å². The number of nitrogens with one attached hydrogen (secondary N) is 1. The largest absolute Gasteiger partial charge is 0.444 e. The van der Waals surface area contributed by atoms with Gasteiger partial charge in [0.2, 0.25) is 0 Å². The molecule has 2 fully saturated rings. The van der Waals surface area contributed by atoms with Crippen LogP contribution in [-0.4, -0.2) is 35.7 Å². The van der Waals surface area contributed by atoms with Crippen LogP contribution in [0.4, 0.5) is 14.9 Å². The summed E-state index contributed by atoms with van der Waals surface area (Å²) in [5, 5.41) is 3.48. The molecular formula is C18H25FN2O2. The number of likely N-dealkylation sites (tertiary alicyclic amines) is 1. The number of halogens is 1. The predicted octanol–water partition coefficient (Wildman–Crippen LogP) is 3.88. The van der Waals surface area contributed by atoms with Gasteiger partial charge in [-0.2, -0.15) is 0 Å². The topological polar surface area (TPSA) is 41.6 Å². The first-order valence-electron chi connectivity index (χ1n) is 8.30. The zero-order valence-corrected chi connectivity index (χ0v) is 14.0. The molecule has 1 N–H and O–H groups in total. The normalized spacial score (nSPS) is 27.0. The monoisotopic (exact) mass is 320 g/mol. The lowest BCUT2D eigenvalue weighted by Gasteiger charge is -2.25. The van der Waals surface area contributed by atoms with Crippen LogP contribution in [0.1, 0.15) is 33.6 Å². The number of nitrogens with zero attached hydrogens (tertiary/aromatic N) is 1. The van der Waals surface area contributed by atoms with Crippen molar-refractivity contribution in [2.45, 2.75) is 45.3 Å². The molecule has 0 spiro atoms. The summed E-state index contributed by atoms with van der Waals surface area (Å²) in [6.45, 7) is 7.24. The van der Waals surface area contributed by atoms with Crippen molar-refractivity contribution < 1.29 is 13.9 Å². The van der Waals surface area contributed by atoms with Crippen LogP contribution in [0, 0.1) is 17.7 Å². The summed E-state index contributed by atoms with van der Waals surface area (Å²) in [6.07, 6.45) is 1.89. The molecule has 2 aliphatic rings. The molecule has 1 saturated carbocycles. The highest BCUT2D eigenvalue weighted by molar-refractivity contribution is 5.68. The number of hydrogen-bond acceptors (Lipinski definition) is 3. The molecule has 5 heteroatoms. The van der Waals surface area contributed by atoms with Crippen molar-refractivity contribution in [1.29, 1.82) is 0 Å². The first kappa shape index (κ1) is 16.1. The van der Waals surface area contributed by atoms with E-state index in [1.165, 1.54) is 12.1 Å². The Kier molecular flexibility index (Phi) is 4.21. The van der Waals surface area contributed by atoms with Crippen LogP contribution in [0.15, 0.2) is 24.3 Å². The van der Waals surface area contributed by atoms with Crippen LogP contribution < -0.4 is 5.32 Å². The molecule has 1 aromatic carbocycles. The van der Waals surface area contributed by atoms with Gasteiger partial charge in [-0.15, -0.1) is 0 Å². The second-order valence-corrected chi connectivity index (χ2v) is 7.73. The Bertz CT molecular complexity index is 553. The van der Waals surface area contributed by atoms with Gasteiger partial charge < -0.3 is 15.0 Å². The molecule has 23 heavy (non-hydrogen) atoms. The number of carbonyl (C=O) groups excluding carboxylic acids is 1. The van der Waals surface area contributed by atoms with Gasteiger partial charge in [-0.1, -0.05) is 0 Å². The van der Waals surface area contributed by atoms with Crippen molar-refractivity contribution in [2.24, 2.45) is 11.8 Å². The molecule has 4 nitrogen and oxygen atoms in total. The SMILES string of the molecule is CC(C)(C)OC(=O)N1CC2CC(Nc3ccc(F)cc3)CC2C1. The highest BCUT2D eigenvalue weighted by atomic mass is 19.1. The van der Waals surface area contributed by atoms with Crippen LogP contribution in [0.2, 0.25) is 0 Å². The fraction of sp³-hybridized carbons (Fsp3) is 0.611. The van der Waals surface area contributed by atoms with E-state index in [4.69, 9.17) is 4.74 Å². The molecule has 0 radical (unpaired) electrons. The number of fused-ring (bicyclic) bond motifs is 1. The quantitative estimate of drug-likeness (QED) is 0.899. The second kappa shape index (κ2) is 6.02. The van der Waals surface area contributed by atoms with E-state index in [-0.39, 0.29) is 11.9 Å². The lowest BCUT2D eigenvalue weighted by atomic mass is 10.0. The lowest BCUT2D eigenvalue weighted by Crippen LogP contribution is -2.36. The third-order valence-electron chi connectivity index (χ3n) is 4.62. The van der Waals surface area contributed by atoms with Gasteiger partial charge in [-0.25, -0.2) is 9.18 Å². The fourth-order valence-electron chi connectivity index (χ4n) is 3.68. The van der Waals surface area contributed by atoms with Gasteiger partial charge in [0.25, 0.3) is 0 Å². The summed E-state index contributed by atoms with van der Waals surface area (Å²) in [7, 11) is 0. The molecule has 1 saturated heterocycles. The summed E-state index contributed by atoms with van der Waals surface area (Å²) in [4.78, 5) is 14.0. The standard InChI is InChI=1S/C18H25FN2O2/c1-18(2,3)23-17(22)21-10-12-8-16(9-13(12)11-21)20-15-6-4-14(19)5-7-15/h4-7,12-13,16,20H,8-11H2,1-3H3. The minimum atomic E-state index is -0.443. The van der Waals surface area contributed by atoms with Crippen molar-refractivity contribution in [3.8, 4) is 0 Å². The average Bonchev–Trinajstić information content (AvgIpc) is 2.97. The summed E-state index contributed by atoms with van der Waals surface area (Å²) in [6, 6.07) is 6.90. The van der Waals surface area contributed by atoms with Gasteiger partial charge in [0, 0.05) is 24.8 Å². The van der Waals surface area contributed by atoms with Crippen LogP contribution in [0.25, 0.3) is 0 Å². The molecule has 3 rings (SSSR count). The van der Waals surface area contributed by atoms with E-state index in [2.05, 4.69) is 5.32 Å². The van der Waals surface area contributed by atoms with E-state index in [9.17, 15) is 9.18 Å². The van der Waals surface area contributed by atoms with Gasteiger partial charge >= 0.3 is 6.09 Å². The molecular weight excluding hydrogens is 295 g/mol. The Morgan fingerprint density at radius 3 is 2.26 bits per heavy atom. The third kappa shape index (κ3) is 3.95. The van der Waals surface area contributed by atoms with E-state index in [0.717, 1.165) is 31.6 Å². The maximum Gasteiger partial charge on any atom is 0.410 e. The molecule has 126 valence electrons. The van der Waals surface area contributed by atoms with Crippen molar-refractivity contribution in [1.82, 2.24) is 4.90 Å². The molecule has 0 aromatic heterocycles. The number of benzene rings is 1. The second-order valence-electron chi connectivity index (χ2n) is 7.73. The summed E-state index contributed by atoms with van der Waals surface area (Å²) >= 11 is 0. The minimum absolute atomic E-state index is 0.199. The number of hydrogen-bond donors (Lipinski definition) is 1. The summed E-state index contributed by atoms with van der Waals surface area (Å²) in [5.74, 6) is 0.841. The highest BCUT2D eigenvalue weighted by Crippen LogP contribution is 2.39. The minimum Gasteiger partial charge on any atom is -0.444 e.